The van der Waals surface area contributed by atoms with Crippen LogP contribution in [0, 0.1) is 13.8 Å². The first kappa shape index (κ1) is 12.3. The van der Waals surface area contributed by atoms with Crippen molar-refractivity contribution in [3.8, 4) is 11.5 Å². The minimum absolute atomic E-state index is 0.111. The van der Waals surface area contributed by atoms with E-state index in [0.717, 1.165) is 0 Å². The fraction of sp³-hybridized carbons (Fsp3) is 0.417. The summed E-state index contributed by atoms with van der Waals surface area (Å²) in [6, 6.07) is 0. The summed E-state index contributed by atoms with van der Waals surface area (Å²) in [5.41, 5.74) is 1.95. The van der Waals surface area contributed by atoms with Crippen molar-refractivity contribution in [2.75, 3.05) is 0 Å². The lowest BCUT2D eigenvalue weighted by atomic mass is 10.1. The Labute approximate surface area is 104 Å². The fourth-order valence-electron chi connectivity index (χ4n) is 1.88. The van der Waals surface area contributed by atoms with Gasteiger partial charge in [-0.1, -0.05) is 13.8 Å². The number of carboxylic acid groups (broad SMARTS) is 1. The van der Waals surface area contributed by atoms with Gasteiger partial charge in [0.2, 0.25) is 11.8 Å². The molecule has 0 amide bonds. The summed E-state index contributed by atoms with van der Waals surface area (Å²) in [7, 11) is 0. The van der Waals surface area contributed by atoms with Crippen LogP contribution in [0.3, 0.4) is 0 Å². The molecule has 0 saturated heterocycles. The maximum Gasteiger partial charge on any atom is 0.338 e. The van der Waals surface area contributed by atoms with Crippen LogP contribution in [-0.4, -0.2) is 26.3 Å². The van der Waals surface area contributed by atoms with Gasteiger partial charge in [0.05, 0.1) is 11.1 Å². The number of rotatable bonds is 3. The van der Waals surface area contributed by atoms with Crippen LogP contribution >= 0.6 is 0 Å². The quantitative estimate of drug-likeness (QED) is 0.871. The standard InChI is InChI=1S/C12H15N3O3/c1-5(2)10-14-15-11(18-10)8-6(3)13-7(4)9(8)12(16)17/h5,13H,1-4H3,(H,16,17). The number of aromatic nitrogens is 3. The van der Waals surface area contributed by atoms with Crippen molar-refractivity contribution >= 4 is 5.97 Å². The minimum atomic E-state index is -1.00. The molecule has 2 aromatic rings. The highest BCUT2D eigenvalue weighted by Crippen LogP contribution is 2.30. The van der Waals surface area contributed by atoms with Crippen molar-refractivity contribution in [1.82, 2.24) is 15.2 Å². The molecule has 0 spiro atoms. The summed E-state index contributed by atoms with van der Waals surface area (Å²) < 4.78 is 5.51. The molecule has 2 heterocycles. The predicted octanol–water partition coefficient (Wildman–Crippen LogP) is 2.50. The van der Waals surface area contributed by atoms with Crippen LogP contribution < -0.4 is 0 Å². The third-order valence-electron chi connectivity index (χ3n) is 2.74. The molecule has 0 aliphatic carbocycles. The Morgan fingerprint density at radius 2 is 1.94 bits per heavy atom. The zero-order valence-corrected chi connectivity index (χ0v) is 10.7. The first-order chi connectivity index (χ1) is 8.41. The zero-order chi connectivity index (χ0) is 13.4. The van der Waals surface area contributed by atoms with Crippen LogP contribution in [0.25, 0.3) is 11.5 Å². The third kappa shape index (κ3) is 1.90. The van der Waals surface area contributed by atoms with E-state index in [2.05, 4.69) is 15.2 Å². The van der Waals surface area contributed by atoms with Gasteiger partial charge in [-0.3, -0.25) is 0 Å². The van der Waals surface area contributed by atoms with E-state index < -0.39 is 5.97 Å². The maximum absolute atomic E-state index is 11.3. The SMILES string of the molecule is Cc1[nH]c(C)c(-c2nnc(C(C)C)o2)c1C(=O)O. The number of aromatic carboxylic acids is 1. The van der Waals surface area contributed by atoms with E-state index in [4.69, 9.17) is 4.42 Å². The van der Waals surface area contributed by atoms with Gasteiger partial charge in [-0.2, -0.15) is 0 Å². The molecule has 2 aromatic heterocycles. The van der Waals surface area contributed by atoms with Crippen LogP contribution in [-0.2, 0) is 0 Å². The van der Waals surface area contributed by atoms with E-state index in [1.165, 1.54) is 0 Å². The number of nitrogens with zero attached hydrogens (tertiary/aromatic N) is 2. The molecule has 0 aromatic carbocycles. The molecule has 0 radical (unpaired) electrons. The van der Waals surface area contributed by atoms with Gasteiger partial charge in [0.1, 0.15) is 0 Å². The Morgan fingerprint density at radius 1 is 1.28 bits per heavy atom. The molecule has 96 valence electrons. The van der Waals surface area contributed by atoms with E-state index in [0.29, 0.717) is 22.8 Å². The topological polar surface area (TPSA) is 92.0 Å². The second-order valence-electron chi connectivity index (χ2n) is 4.53. The Balaban J connectivity index is 2.59. The highest BCUT2D eigenvalue weighted by Gasteiger charge is 2.24. The lowest BCUT2D eigenvalue weighted by molar-refractivity contribution is 0.0697. The number of carbonyl (C=O) groups is 1. The predicted molar refractivity (Wildman–Crippen MR) is 64.6 cm³/mol. The summed E-state index contributed by atoms with van der Waals surface area (Å²) in [6.45, 7) is 7.36. The van der Waals surface area contributed by atoms with E-state index in [-0.39, 0.29) is 17.4 Å². The molecule has 2 N–H and O–H groups in total. The van der Waals surface area contributed by atoms with Gasteiger partial charge in [-0.05, 0) is 13.8 Å². The molecular weight excluding hydrogens is 234 g/mol. The lowest BCUT2D eigenvalue weighted by Gasteiger charge is -1.98. The Hall–Kier alpha value is -2.11. The number of hydrogen-bond donors (Lipinski definition) is 2. The molecule has 0 fully saturated rings. The van der Waals surface area contributed by atoms with Gasteiger partial charge in [0, 0.05) is 17.3 Å². The van der Waals surface area contributed by atoms with E-state index in [1.807, 2.05) is 13.8 Å². The van der Waals surface area contributed by atoms with E-state index >= 15 is 0 Å². The zero-order valence-electron chi connectivity index (χ0n) is 10.7. The van der Waals surface area contributed by atoms with Crippen molar-refractivity contribution < 1.29 is 14.3 Å². The highest BCUT2D eigenvalue weighted by atomic mass is 16.4. The van der Waals surface area contributed by atoms with Crippen LogP contribution in [0.4, 0.5) is 0 Å². The smallest absolute Gasteiger partial charge is 0.338 e. The van der Waals surface area contributed by atoms with Crippen molar-refractivity contribution in [1.29, 1.82) is 0 Å². The van der Waals surface area contributed by atoms with Gasteiger partial charge >= 0.3 is 5.97 Å². The summed E-state index contributed by atoms with van der Waals surface area (Å²) in [6.07, 6.45) is 0. The molecular formula is C12H15N3O3. The molecule has 0 aliphatic rings. The fourth-order valence-corrected chi connectivity index (χ4v) is 1.88. The highest BCUT2D eigenvalue weighted by molar-refractivity contribution is 5.97. The monoisotopic (exact) mass is 249 g/mol. The summed E-state index contributed by atoms with van der Waals surface area (Å²) in [4.78, 5) is 14.2. The number of H-pyrrole nitrogens is 1. The van der Waals surface area contributed by atoms with Crippen LogP contribution in [0.1, 0.15) is 47.4 Å². The molecule has 0 saturated carbocycles. The van der Waals surface area contributed by atoms with Crippen LogP contribution in [0.5, 0.6) is 0 Å². The molecule has 6 nitrogen and oxygen atoms in total. The van der Waals surface area contributed by atoms with Crippen LogP contribution in [0.2, 0.25) is 0 Å². The molecule has 2 rings (SSSR count). The van der Waals surface area contributed by atoms with Gasteiger partial charge in [0.15, 0.2) is 0 Å². The minimum Gasteiger partial charge on any atom is -0.478 e. The normalized spacial score (nSPS) is 11.2. The Kier molecular flexibility index (Phi) is 2.94. The number of hydrogen-bond acceptors (Lipinski definition) is 4. The largest absolute Gasteiger partial charge is 0.478 e. The third-order valence-corrected chi connectivity index (χ3v) is 2.74. The second kappa shape index (κ2) is 4.29. The van der Waals surface area contributed by atoms with E-state index in [1.54, 1.807) is 13.8 Å². The Morgan fingerprint density at radius 3 is 2.44 bits per heavy atom. The summed E-state index contributed by atoms with van der Waals surface area (Å²) in [5.74, 6) is -0.145. The van der Waals surface area contributed by atoms with Crippen molar-refractivity contribution in [2.45, 2.75) is 33.6 Å². The molecule has 6 heteroatoms. The van der Waals surface area contributed by atoms with Crippen molar-refractivity contribution in [3.63, 3.8) is 0 Å². The van der Waals surface area contributed by atoms with E-state index in [9.17, 15) is 9.90 Å². The van der Waals surface area contributed by atoms with Gasteiger partial charge in [0.25, 0.3) is 0 Å². The maximum atomic E-state index is 11.3. The number of nitrogens with one attached hydrogen (secondary N) is 1. The van der Waals surface area contributed by atoms with Gasteiger partial charge in [-0.25, -0.2) is 4.79 Å². The molecule has 18 heavy (non-hydrogen) atoms. The number of aromatic amines is 1. The Bertz CT molecular complexity index is 596. The van der Waals surface area contributed by atoms with Crippen LogP contribution in [0.15, 0.2) is 4.42 Å². The molecule has 0 atom stereocenters. The first-order valence-corrected chi connectivity index (χ1v) is 5.68. The number of carboxylic acids is 1. The van der Waals surface area contributed by atoms with Crippen molar-refractivity contribution in [3.05, 3.63) is 22.8 Å². The average molecular weight is 249 g/mol. The molecule has 0 aliphatic heterocycles. The molecule has 0 unspecified atom stereocenters. The molecule has 0 bridgehead atoms. The lowest BCUT2D eigenvalue weighted by Crippen LogP contribution is -1.99. The first-order valence-electron chi connectivity index (χ1n) is 5.68. The van der Waals surface area contributed by atoms with Gasteiger partial charge < -0.3 is 14.5 Å². The van der Waals surface area contributed by atoms with Gasteiger partial charge in [-0.15, -0.1) is 10.2 Å². The summed E-state index contributed by atoms with van der Waals surface area (Å²) >= 11 is 0. The number of aryl methyl sites for hydroxylation is 2. The second-order valence-corrected chi connectivity index (χ2v) is 4.53. The average Bonchev–Trinajstić information content (AvgIpc) is 2.81. The van der Waals surface area contributed by atoms with Crippen molar-refractivity contribution in [2.24, 2.45) is 0 Å². The summed E-state index contributed by atoms with van der Waals surface area (Å²) in [5, 5.41) is 17.1.